The van der Waals surface area contributed by atoms with E-state index in [-0.39, 0.29) is 11.5 Å². The monoisotopic (exact) mass is 340 g/mol. The number of benzene rings is 2. The van der Waals surface area contributed by atoms with Crippen LogP contribution in [0, 0.1) is 0 Å². The molecule has 0 saturated heterocycles. The predicted molar refractivity (Wildman–Crippen MR) is 94.4 cm³/mol. The topological polar surface area (TPSA) is 55.8 Å². The number of ether oxygens (including phenoxy) is 2. The van der Waals surface area contributed by atoms with Gasteiger partial charge >= 0.3 is 0 Å². The van der Waals surface area contributed by atoms with Gasteiger partial charge in [-0.25, -0.2) is 0 Å². The van der Waals surface area contributed by atoms with Crippen LogP contribution in [0.5, 0.6) is 17.2 Å². The lowest BCUT2D eigenvalue weighted by atomic mass is 10.1. The van der Waals surface area contributed by atoms with Gasteiger partial charge in [-0.2, -0.15) is 0 Å². The Hall–Kier alpha value is -2.79. The molecule has 0 radical (unpaired) electrons. The van der Waals surface area contributed by atoms with Gasteiger partial charge in [0, 0.05) is 10.4 Å². The molecule has 0 aliphatic rings. The second-order valence-corrected chi connectivity index (χ2v) is 6.20. The van der Waals surface area contributed by atoms with Crippen LogP contribution in [0.4, 0.5) is 0 Å². The molecular weight excluding hydrogens is 324 g/mol. The Labute approximate surface area is 143 Å². The van der Waals surface area contributed by atoms with E-state index in [1.165, 1.54) is 17.4 Å². The van der Waals surface area contributed by atoms with Crippen LogP contribution in [0.2, 0.25) is 0 Å². The van der Waals surface area contributed by atoms with Crippen LogP contribution in [0.25, 0.3) is 10.4 Å². The first-order chi connectivity index (χ1) is 11.6. The summed E-state index contributed by atoms with van der Waals surface area (Å²) in [7, 11) is 3.18. The van der Waals surface area contributed by atoms with E-state index in [4.69, 9.17) is 9.47 Å². The third kappa shape index (κ3) is 3.12. The summed E-state index contributed by atoms with van der Waals surface area (Å²) >= 11 is 1.40. The Kier molecular flexibility index (Phi) is 4.53. The van der Waals surface area contributed by atoms with Crippen molar-refractivity contribution in [2.75, 3.05) is 14.2 Å². The van der Waals surface area contributed by atoms with E-state index in [0.717, 1.165) is 10.4 Å². The molecule has 1 heterocycles. The number of ketones is 1. The number of hydrogen-bond acceptors (Lipinski definition) is 5. The second-order valence-electron chi connectivity index (χ2n) is 5.11. The summed E-state index contributed by atoms with van der Waals surface area (Å²) < 4.78 is 10.6. The average molecular weight is 340 g/mol. The summed E-state index contributed by atoms with van der Waals surface area (Å²) in [4.78, 5) is 14.1. The molecule has 122 valence electrons. The number of carbonyl (C=O) groups is 1. The van der Waals surface area contributed by atoms with Crippen LogP contribution in [0.3, 0.4) is 0 Å². The molecule has 5 heteroatoms. The Balaban J connectivity index is 1.92. The normalized spacial score (nSPS) is 10.4. The maximum Gasteiger partial charge on any atom is 0.203 e. The van der Waals surface area contributed by atoms with Crippen molar-refractivity contribution in [3.63, 3.8) is 0 Å². The lowest BCUT2D eigenvalue weighted by Crippen LogP contribution is -1.97. The third-order valence-electron chi connectivity index (χ3n) is 3.61. The fourth-order valence-electron chi connectivity index (χ4n) is 2.39. The molecule has 0 atom stereocenters. The van der Waals surface area contributed by atoms with Gasteiger partial charge in [-0.1, -0.05) is 12.1 Å². The van der Waals surface area contributed by atoms with Crippen molar-refractivity contribution in [3.8, 4) is 27.7 Å². The number of phenols is 1. The predicted octanol–water partition coefficient (Wildman–Crippen LogP) is 4.37. The van der Waals surface area contributed by atoms with Gasteiger partial charge in [-0.15, -0.1) is 11.3 Å². The van der Waals surface area contributed by atoms with Crippen LogP contribution >= 0.6 is 11.3 Å². The SMILES string of the molecule is COc1ccc(-c2ccc(C(=O)c3cccc(O)c3)s2)cc1OC. The van der Waals surface area contributed by atoms with Crippen molar-refractivity contribution >= 4 is 17.1 Å². The Morgan fingerprint density at radius 3 is 2.46 bits per heavy atom. The fraction of sp³-hybridized carbons (Fsp3) is 0.105. The summed E-state index contributed by atoms with van der Waals surface area (Å²) in [6.07, 6.45) is 0. The van der Waals surface area contributed by atoms with Crippen molar-refractivity contribution in [3.05, 3.63) is 65.0 Å². The van der Waals surface area contributed by atoms with Gasteiger partial charge in [0.25, 0.3) is 0 Å². The summed E-state index contributed by atoms with van der Waals surface area (Å²) in [6, 6.07) is 15.7. The molecule has 3 rings (SSSR count). The summed E-state index contributed by atoms with van der Waals surface area (Å²) in [6.45, 7) is 0. The fourth-order valence-corrected chi connectivity index (χ4v) is 3.36. The standard InChI is InChI=1S/C19H16O4S/c1-22-15-7-6-12(11-16(15)23-2)17-8-9-18(24-17)19(21)13-4-3-5-14(20)10-13/h3-11,20H,1-2H3. The van der Waals surface area contributed by atoms with E-state index >= 15 is 0 Å². The van der Waals surface area contributed by atoms with E-state index in [2.05, 4.69) is 0 Å². The Morgan fingerprint density at radius 1 is 0.958 bits per heavy atom. The van der Waals surface area contributed by atoms with Gasteiger partial charge in [0.2, 0.25) is 5.78 Å². The number of hydrogen-bond donors (Lipinski definition) is 1. The van der Waals surface area contributed by atoms with Crippen LogP contribution in [0.1, 0.15) is 15.2 Å². The smallest absolute Gasteiger partial charge is 0.203 e. The molecule has 0 unspecified atom stereocenters. The molecule has 2 aromatic carbocycles. The molecule has 0 fully saturated rings. The third-order valence-corrected chi connectivity index (χ3v) is 4.74. The van der Waals surface area contributed by atoms with E-state index < -0.39 is 0 Å². The van der Waals surface area contributed by atoms with E-state index in [1.54, 1.807) is 38.5 Å². The van der Waals surface area contributed by atoms with E-state index in [0.29, 0.717) is 21.9 Å². The highest BCUT2D eigenvalue weighted by Crippen LogP contribution is 2.35. The lowest BCUT2D eigenvalue weighted by molar-refractivity contribution is 0.104. The van der Waals surface area contributed by atoms with E-state index in [9.17, 15) is 9.90 Å². The highest BCUT2D eigenvalue weighted by atomic mass is 32.1. The molecule has 1 N–H and O–H groups in total. The minimum absolute atomic E-state index is 0.0810. The highest BCUT2D eigenvalue weighted by molar-refractivity contribution is 7.17. The van der Waals surface area contributed by atoms with Crippen molar-refractivity contribution in [2.24, 2.45) is 0 Å². The summed E-state index contributed by atoms with van der Waals surface area (Å²) in [5.74, 6) is 1.28. The zero-order valence-corrected chi connectivity index (χ0v) is 14.1. The van der Waals surface area contributed by atoms with Crippen LogP contribution in [-0.4, -0.2) is 25.1 Å². The highest BCUT2D eigenvalue weighted by Gasteiger charge is 2.14. The zero-order valence-electron chi connectivity index (χ0n) is 13.3. The minimum atomic E-state index is -0.109. The molecular formula is C19H16O4S. The molecule has 1 aromatic heterocycles. The zero-order chi connectivity index (χ0) is 17.1. The number of phenolic OH excluding ortho intramolecular Hbond substituents is 1. The Bertz CT molecular complexity index is 883. The van der Waals surface area contributed by atoms with Crippen LogP contribution in [-0.2, 0) is 0 Å². The largest absolute Gasteiger partial charge is 0.508 e. The maximum atomic E-state index is 12.5. The average Bonchev–Trinajstić information content (AvgIpc) is 3.10. The molecule has 0 aliphatic carbocycles. The number of carbonyl (C=O) groups excluding carboxylic acids is 1. The van der Waals surface area contributed by atoms with Gasteiger partial charge in [0.1, 0.15) is 5.75 Å². The Morgan fingerprint density at radius 2 is 1.75 bits per heavy atom. The lowest BCUT2D eigenvalue weighted by Gasteiger charge is -2.08. The molecule has 3 aromatic rings. The maximum absolute atomic E-state index is 12.5. The molecule has 24 heavy (non-hydrogen) atoms. The van der Waals surface area contributed by atoms with Crippen molar-refractivity contribution in [2.45, 2.75) is 0 Å². The van der Waals surface area contributed by atoms with E-state index in [1.807, 2.05) is 24.3 Å². The van der Waals surface area contributed by atoms with Crippen LogP contribution in [0.15, 0.2) is 54.6 Å². The second kappa shape index (κ2) is 6.76. The molecule has 0 saturated carbocycles. The molecule has 0 bridgehead atoms. The number of aromatic hydroxyl groups is 1. The van der Waals surface area contributed by atoms with Gasteiger partial charge in [-0.3, -0.25) is 4.79 Å². The van der Waals surface area contributed by atoms with Crippen molar-refractivity contribution in [1.29, 1.82) is 0 Å². The van der Waals surface area contributed by atoms with Gasteiger partial charge in [0.15, 0.2) is 11.5 Å². The summed E-state index contributed by atoms with van der Waals surface area (Å²) in [5.41, 5.74) is 1.42. The number of methoxy groups -OCH3 is 2. The van der Waals surface area contributed by atoms with Gasteiger partial charge in [-0.05, 0) is 48.0 Å². The number of rotatable bonds is 5. The molecule has 0 aliphatic heterocycles. The first-order valence-corrected chi connectivity index (χ1v) is 8.10. The van der Waals surface area contributed by atoms with Gasteiger partial charge < -0.3 is 14.6 Å². The quantitative estimate of drug-likeness (QED) is 0.701. The molecule has 0 amide bonds. The minimum Gasteiger partial charge on any atom is -0.508 e. The first-order valence-electron chi connectivity index (χ1n) is 7.28. The molecule has 4 nitrogen and oxygen atoms in total. The first kappa shape index (κ1) is 16.1. The number of thiophene rings is 1. The summed E-state index contributed by atoms with van der Waals surface area (Å²) in [5, 5.41) is 9.52. The van der Waals surface area contributed by atoms with Gasteiger partial charge in [0.05, 0.1) is 19.1 Å². The van der Waals surface area contributed by atoms with Crippen molar-refractivity contribution in [1.82, 2.24) is 0 Å². The van der Waals surface area contributed by atoms with Crippen LogP contribution < -0.4 is 9.47 Å². The molecule has 0 spiro atoms. The van der Waals surface area contributed by atoms with Crippen molar-refractivity contribution < 1.29 is 19.4 Å².